The average molecular weight is 348 g/mol. The van der Waals surface area contributed by atoms with E-state index in [0.717, 1.165) is 29.1 Å². The van der Waals surface area contributed by atoms with E-state index in [9.17, 15) is 10.1 Å². The topological polar surface area (TPSA) is 64.4 Å². The van der Waals surface area contributed by atoms with Crippen LogP contribution in [0.3, 0.4) is 0 Å². The molecule has 3 aromatic rings. The summed E-state index contributed by atoms with van der Waals surface area (Å²) < 4.78 is 5.74. The molecule has 0 unspecified atom stereocenters. The highest BCUT2D eigenvalue weighted by Crippen LogP contribution is 2.18. The average Bonchev–Trinajstić information content (AvgIpc) is 2.67. The molecule has 3 rings (SSSR count). The summed E-state index contributed by atoms with van der Waals surface area (Å²) >= 11 is 0. The van der Waals surface area contributed by atoms with Crippen molar-refractivity contribution in [2.45, 2.75) is 20.1 Å². The Balaban J connectivity index is 1.52. The van der Waals surface area contributed by atoms with Crippen molar-refractivity contribution in [3.63, 3.8) is 0 Å². The summed E-state index contributed by atoms with van der Waals surface area (Å²) in [6.45, 7) is 3.20. The monoisotopic (exact) mass is 348 g/mol. The fourth-order valence-electron chi connectivity index (χ4n) is 2.55. The van der Waals surface area contributed by atoms with Crippen molar-refractivity contribution in [2.75, 3.05) is 5.32 Å². The largest absolute Gasteiger partial charge is 0.489 e. The number of rotatable bonds is 7. The van der Waals surface area contributed by atoms with Gasteiger partial charge in [0.05, 0.1) is 4.92 Å². The Labute approximate surface area is 152 Å². The number of nitrogens with zero attached hydrogens (tertiary/aromatic N) is 1. The second-order valence-electron chi connectivity index (χ2n) is 6.02. The Morgan fingerprint density at radius 1 is 0.923 bits per heavy atom. The first-order valence-corrected chi connectivity index (χ1v) is 8.36. The Kier molecular flexibility index (Phi) is 5.49. The van der Waals surface area contributed by atoms with Gasteiger partial charge >= 0.3 is 0 Å². The van der Waals surface area contributed by atoms with Crippen LogP contribution in [0.1, 0.15) is 16.7 Å². The Morgan fingerprint density at radius 3 is 2.23 bits per heavy atom. The van der Waals surface area contributed by atoms with E-state index >= 15 is 0 Å². The van der Waals surface area contributed by atoms with Crippen molar-refractivity contribution >= 4 is 11.4 Å². The normalized spacial score (nSPS) is 10.3. The third kappa shape index (κ3) is 4.60. The first kappa shape index (κ1) is 17.5. The predicted molar refractivity (Wildman–Crippen MR) is 102 cm³/mol. The number of ether oxygens (including phenoxy) is 1. The van der Waals surface area contributed by atoms with Gasteiger partial charge in [-0.2, -0.15) is 0 Å². The molecular weight excluding hydrogens is 328 g/mol. The third-order valence-corrected chi connectivity index (χ3v) is 4.10. The van der Waals surface area contributed by atoms with E-state index in [1.54, 1.807) is 12.1 Å². The van der Waals surface area contributed by atoms with E-state index in [1.165, 1.54) is 17.7 Å². The van der Waals surface area contributed by atoms with Crippen LogP contribution in [0.25, 0.3) is 0 Å². The summed E-state index contributed by atoms with van der Waals surface area (Å²) in [6.07, 6.45) is 0. The summed E-state index contributed by atoms with van der Waals surface area (Å²) in [6, 6.07) is 22.5. The summed E-state index contributed by atoms with van der Waals surface area (Å²) in [5.41, 5.74) is 4.48. The maximum Gasteiger partial charge on any atom is 0.269 e. The molecule has 5 heteroatoms. The first-order valence-electron chi connectivity index (χ1n) is 8.36. The Hall–Kier alpha value is -3.34. The zero-order valence-corrected chi connectivity index (χ0v) is 14.5. The highest BCUT2D eigenvalue weighted by atomic mass is 16.6. The molecule has 3 aromatic carbocycles. The van der Waals surface area contributed by atoms with Gasteiger partial charge in [-0.05, 0) is 53.9 Å². The van der Waals surface area contributed by atoms with Crippen molar-refractivity contribution in [3.8, 4) is 5.75 Å². The van der Waals surface area contributed by atoms with Gasteiger partial charge in [-0.1, -0.05) is 30.3 Å². The van der Waals surface area contributed by atoms with Crippen molar-refractivity contribution in [3.05, 3.63) is 99.6 Å². The van der Waals surface area contributed by atoms with E-state index in [2.05, 4.69) is 24.4 Å². The molecule has 0 saturated heterocycles. The quantitative estimate of drug-likeness (QED) is 0.477. The SMILES string of the molecule is Cc1ccccc1NCc1ccc(OCc2ccc([N+](=O)[O-])cc2)cc1. The van der Waals surface area contributed by atoms with Crippen LogP contribution in [0.15, 0.2) is 72.8 Å². The number of aryl methyl sites for hydroxylation is 1. The lowest BCUT2D eigenvalue weighted by molar-refractivity contribution is -0.384. The second-order valence-corrected chi connectivity index (χ2v) is 6.02. The van der Waals surface area contributed by atoms with Crippen LogP contribution >= 0.6 is 0 Å². The van der Waals surface area contributed by atoms with Crippen LogP contribution in [0.5, 0.6) is 5.75 Å². The molecule has 0 aromatic heterocycles. The number of nitrogens with one attached hydrogen (secondary N) is 1. The van der Waals surface area contributed by atoms with E-state index in [0.29, 0.717) is 6.61 Å². The number of nitro benzene ring substituents is 1. The van der Waals surface area contributed by atoms with E-state index in [1.807, 2.05) is 36.4 Å². The van der Waals surface area contributed by atoms with Gasteiger partial charge < -0.3 is 10.1 Å². The maximum absolute atomic E-state index is 10.7. The minimum atomic E-state index is -0.408. The van der Waals surface area contributed by atoms with Crippen molar-refractivity contribution in [2.24, 2.45) is 0 Å². The highest BCUT2D eigenvalue weighted by molar-refractivity contribution is 5.50. The fourth-order valence-corrected chi connectivity index (χ4v) is 2.55. The standard InChI is InChI=1S/C21H20N2O3/c1-16-4-2-3-5-21(16)22-14-17-8-12-20(13-9-17)26-15-18-6-10-19(11-7-18)23(24)25/h2-13,22H,14-15H2,1H3. The van der Waals surface area contributed by atoms with Gasteiger partial charge in [0.25, 0.3) is 5.69 Å². The van der Waals surface area contributed by atoms with Crippen LogP contribution in [-0.4, -0.2) is 4.92 Å². The fraction of sp³-hybridized carbons (Fsp3) is 0.143. The zero-order valence-electron chi connectivity index (χ0n) is 14.5. The van der Waals surface area contributed by atoms with Crippen molar-refractivity contribution < 1.29 is 9.66 Å². The Bertz CT molecular complexity index is 875. The molecule has 0 bridgehead atoms. The lowest BCUT2D eigenvalue weighted by atomic mass is 10.1. The molecular formula is C21H20N2O3. The molecule has 0 aliphatic carbocycles. The van der Waals surface area contributed by atoms with Crippen molar-refractivity contribution in [1.82, 2.24) is 0 Å². The number of benzene rings is 3. The summed E-state index contributed by atoms with van der Waals surface area (Å²) in [7, 11) is 0. The smallest absolute Gasteiger partial charge is 0.269 e. The van der Waals surface area contributed by atoms with Crippen LogP contribution in [0.2, 0.25) is 0 Å². The number of anilines is 1. The van der Waals surface area contributed by atoms with E-state index in [-0.39, 0.29) is 5.69 Å². The Morgan fingerprint density at radius 2 is 1.58 bits per heavy atom. The first-order chi connectivity index (χ1) is 12.6. The van der Waals surface area contributed by atoms with Crippen LogP contribution in [0.4, 0.5) is 11.4 Å². The molecule has 0 heterocycles. The van der Waals surface area contributed by atoms with Gasteiger partial charge in [0, 0.05) is 24.4 Å². The summed E-state index contributed by atoms with van der Waals surface area (Å²) in [4.78, 5) is 10.2. The minimum absolute atomic E-state index is 0.0826. The van der Waals surface area contributed by atoms with Crippen LogP contribution in [0, 0.1) is 17.0 Å². The molecule has 0 amide bonds. The van der Waals surface area contributed by atoms with Gasteiger partial charge in [0.1, 0.15) is 12.4 Å². The zero-order chi connectivity index (χ0) is 18.4. The second kappa shape index (κ2) is 8.16. The van der Waals surface area contributed by atoms with Crippen molar-refractivity contribution in [1.29, 1.82) is 0 Å². The van der Waals surface area contributed by atoms with Gasteiger partial charge in [0.2, 0.25) is 0 Å². The molecule has 0 saturated carbocycles. The third-order valence-electron chi connectivity index (χ3n) is 4.10. The molecule has 0 radical (unpaired) electrons. The minimum Gasteiger partial charge on any atom is -0.489 e. The number of hydrogen-bond donors (Lipinski definition) is 1. The molecule has 0 aliphatic heterocycles. The lowest BCUT2D eigenvalue weighted by Gasteiger charge is -2.10. The van der Waals surface area contributed by atoms with Gasteiger partial charge in [-0.25, -0.2) is 0 Å². The van der Waals surface area contributed by atoms with Gasteiger partial charge in [-0.15, -0.1) is 0 Å². The van der Waals surface area contributed by atoms with Gasteiger partial charge in [0.15, 0.2) is 0 Å². The number of para-hydroxylation sites is 1. The summed E-state index contributed by atoms with van der Waals surface area (Å²) in [5, 5.41) is 14.1. The number of hydrogen-bond acceptors (Lipinski definition) is 4. The maximum atomic E-state index is 10.7. The molecule has 5 nitrogen and oxygen atoms in total. The van der Waals surface area contributed by atoms with Crippen LogP contribution < -0.4 is 10.1 Å². The number of non-ortho nitro benzene ring substituents is 1. The number of nitro groups is 1. The van der Waals surface area contributed by atoms with E-state index in [4.69, 9.17) is 4.74 Å². The molecule has 1 N–H and O–H groups in total. The summed E-state index contributed by atoms with van der Waals surface area (Å²) in [5.74, 6) is 0.767. The predicted octanol–water partition coefficient (Wildman–Crippen LogP) is 5.09. The molecule has 0 atom stereocenters. The molecule has 0 fully saturated rings. The van der Waals surface area contributed by atoms with Gasteiger partial charge in [-0.3, -0.25) is 10.1 Å². The lowest BCUT2D eigenvalue weighted by Crippen LogP contribution is -2.01. The molecule has 132 valence electrons. The van der Waals surface area contributed by atoms with Crippen LogP contribution in [-0.2, 0) is 13.2 Å². The highest BCUT2D eigenvalue weighted by Gasteiger charge is 2.04. The molecule has 0 aliphatic rings. The molecule has 26 heavy (non-hydrogen) atoms. The molecule has 0 spiro atoms. The van der Waals surface area contributed by atoms with E-state index < -0.39 is 4.92 Å².